The molecule has 0 aliphatic carbocycles. The van der Waals surface area contributed by atoms with Crippen LogP contribution in [0.25, 0.3) is 0 Å². The fourth-order valence-electron chi connectivity index (χ4n) is 0.777. The summed E-state index contributed by atoms with van der Waals surface area (Å²) in [7, 11) is 0. The van der Waals surface area contributed by atoms with Crippen LogP contribution in [0.3, 0.4) is 0 Å². The van der Waals surface area contributed by atoms with Gasteiger partial charge in [0, 0.05) is 0 Å². The van der Waals surface area contributed by atoms with Crippen molar-refractivity contribution in [3.8, 4) is 0 Å². The van der Waals surface area contributed by atoms with Crippen LogP contribution in [0.4, 0.5) is 0 Å². The molecule has 1 aliphatic rings. The molecule has 5 nitrogen and oxygen atoms in total. The molecule has 1 saturated heterocycles. The SMILES string of the molecule is O=C1C[C@H](C(=O)O)NCN1. The van der Waals surface area contributed by atoms with Gasteiger partial charge in [-0.25, -0.2) is 0 Å². The topological polar surface area (TPSA) is 78.4 Å². The van der Waals surface area contributed by atoms with Gasteiger partial charge in [-0.3, -0.25) is 14.9 Å². The van der Waals surface area contributed by atoms with Crippen molar-refractivity contribution in [2.24, 2.45) is 0 Å². The highest BCUT2D eigenvalue weighted by molar-refractivity contribution is 5.85. The van der Waals surface area contributed by atoms with E-state index < -0.39 is 12.0 Å². The van der Waals surface area contributed by atoms with Crippen molar-refractivity contribution in [3.05, 3.63) is 0 Å². The van der Waals surface area contributed by atoms with E-state index in [0.717, 1.165) is 0 Å². The molecule has 0 radical (unpaired) electrons. The van der Waals surface area contributed by atoms with Crippen LogP contribution in [0.2, 0.25) is 0 Å². The molecule has 1 atom stereocenters. The van der Waals surface area contributed by atoms with Gasteiger partial charge in [0.25, 0.3) is 0 Å². The first-order valence-corrected chi connectivity index (χ1v) is 2.93. The quantitative estimate of drug-likeness (QED) is 0.419. The van der Waals surface area contributed by atoms with E-state index in [1.165, 1.54) is 0 Å². The first-order valence-electron chi connectivity index (χ1n) is 2.93. The third-order valence-corrected chi connectivity index (χ3v) is 1.32. The van der Waals surface area contributed by atoms with Gasteiger partial charge >= 0.3 is 5.97 Å². The van der Waals surface area contributed by atoms with Gasteiger partial charge in [-0.05, 0) is 0 Å². The Morgan fingerprint density at radius 1 is 1.70 bits per heavy atom. The number of carboxylic acids is 1. The maximum atomic E-state index is 10.6. The van der Waals surface area contributed by atoms with E-state index in [1.807, 2.05) is 0 Å². The van der Waals surface area contributed by atoms with Gasteiger partial charge in [-0.2, -0.15) is 0 Å². The summed E-state index contributed by atoms with van der Waals surface area (Å²) in [6, 6.07) is -0.714. The molecule has 0 saturated carbocycles. The van der Waals surface area contributed by atoms with Crippen LogP contribution in [0.5, 0.6) is 0 Å². The van der Waals surface area contributed by atoms with Crippen LogP contribution >= 0.6 is 0 Å². The summed E-state index contributed by atoms with van der Waals surface area (Å²) in [5.41, 5.74) is 0. The van der Waals surface area contributed by atoms with Crippen molar-refractivity contribution in [1.82, 2.24) is 10.6 Å². The monoisotopic (exact) mass is 144 g/mol. The Labute approximate surface area is 57.4 Å². The van der Waals surface area contributed by atoms with Crippen LogP contribution < -0.4 is 10.6 Å². The zero-order valence-corrected chi connectivity index (χ0v) is 5.26. The molecular weight excluding hydrogens is 136 g/mol. The van der Waals surface area contributed by atoms with Crippen molar-refractivity contribution in [2.45, 2.75) is 12.5 Å². The molecule has 0 spiro atoms. The lowest BCUT2D eigenvalue weighted by Crippen LogP contribution is -2.51. The molecule has 0 bridgehead atoms. The molecule has 1 rings (SSSR count). The lowest BCUT2D eigenvalue weighted by atomic mass is 10.2. The third-order valence-electron chi connectivity index (χ3n) is 1.32. The first-order chi connectivity index (χ1) is 4.70. The second-order valence-electron chi connectivity index (χ2n) is 2.08. The number of amides is 1. The molecule has 5 heteroatoms. The smallest absolute Gasteiger partial charge is 0.321 e. The molecule has 1 heterocycles. The number of aliphatic carboxylic acids is 1. The van der Waals surface area contributed by atoms with E-state index in [0.29, 0.717) is 0 Å². The van der Waals surface area contributed by atoms with Gasteiger partial charge in [-0.1, -0.05) is 0 Å². The van der Waals surface area contributed by atoms with E-state index in [4.69, 9.17) is 5.11 Å². The van der Waals surface area contributed by atoms with Crippen molar-refractivity contribution in [3.63, 3.8) is 0 Å². The summed E-state index contributed by atoms with van der Waals surface area (Å²) in [6.07, 6.45) is 0.0231. The van der Waals surface area contributed by atoms with Crippen LogP contribution in [0, 0.1) is 0 Å². The average molecular weight is 144 g/mol. The molecular formula is C5H8N2O3. The second-order valence-corrected chi connectivity index (χ2v) is 2.08. The van der Waals surface area contributed by atoms with Crippen LogP contribution in [-0.2, 0) is 9.59 Å². The zero-order chi connectivity index (χ0) is 7.56. The third kappa shape index (κ3) is 1.44. The summed E-state index contributed by atoms with van der Waals surface area (Å²) in [6.45, 7) is 0.246. The molecule has 0 aromatic heterocycles. The lowest BCUT2D eigenvalue weighted by Gasteiger charge is -2.19. The van der Waals surface area contributed by atoms with Gasteiger partial charge in [0.05, 0.1) is 13.1 Å². The molecule has 0 unspecified atom stereocenters. The van der Waals surface area contributed by atoms with E-state index in [2.05, 4.69) is 10.6 Å². The Bertz CT molecular complexity index is 166. The second kappa shape index (κ2) is 2.66. The summed E-state index contributed by atoms with van der Waals surface area (Å²) >= 11 is 0. The van der Waals surface area contributed by atoms with Gasteiger partial charge in [0.15, 0.2) is 0 Å². The predicted octanol–water partition coefficient (Wildman–Crippen LogP) is -1.49. The van der Waals surface area contributed by atoms with Gasteiger partial charge < -0.3 is 10.4 Å². The number of rotatable bonds is 1. The number of hydrogen-bond donors (Lipinski definition) is 3. The largest absolute Gasteiger partial charge is 0.480 e. The van der Waals surface area contributed by atoms with Crippen molar-refractivity contribution >= 4 is 11.9 Å². The number of carboxylic acid groups (broad SMARTS) is 1. The van der Waals surface area contributed by atoms with Gasteiger partial charge in [-0.15, -0.1) is 0 Å². The van der Waals surface area contributed by atoms with Crippen LogP contribution in [0.15, 0.2) is 0 Å². The number of hydrogen-bond acceptors (Lipinski definition) is 3. The Kier molecular flexibility index (Phi) is 1.86. The zero-order valence-electron chi connectivity index (χ0n) is 5.26. The lowest BCUT2D eigenvalue weighted by molar-refractivity contribution is -0.142. The fourth-order valence-corrected chi connectivity index (χ4v) is 0.777. The molecule has 10 heavy (non-hydrogen) atoms. The van der Waals surface area contributed by atoms with Crippen LogP contribution in [0.1, 0.15) is 6.42 Å². The van der Waals surface area contributed by atoms with Crippen LogP contribution in [-0.4, -0.2) is 29.7 Å². The van der Waals surface area contributed by atoms with E-state index in [-0.39, 0.29) is 19.0 Å². The van der Waals surface area contributed by atoms with Crippen molar-refractivity contribution in [2.75, 3.05) is 6.67 Å². The molecule has 1 amide bonds. The Balaban J connectivity index is 2.47. The minimum absolute atomic E-state index is 0.0231. The first kappa shape index (κ1) is 7.01. The highest BCUT2D eigenvalue weighted by atomic mass is 16.4. The Morgan fingerprint density at radius 2 is 2.40 bits per heavy atom. The Morgan fingerprint density at radius 3 is 2.80 bits per heavy atom. The van der Waals surface area contributed by atoms with Crippen molar-refractivity contribution in [1.29, 1.82) is 0 Å². The van der Waals surface area contributed by atoms with E-state index >= 15 is 0 Å². The van der Waals surface area contributed by atoms with Gasteiger partial charge in [0.1, 0.15) is 6.04 Å². The molecule has 1 aliphatic heterocycles. The fraction of sp³-hybridized carbons (Fsp3) is 0.600. The number of nitrogens with one attached hydrogen (secondary N) is 2. The summed E-state index contributed by atoms with van der Waals surface area (Å²) in [5.74, 6) is -1.19. The Hall–Kier alpha value is -1.10. The molecule has 1 fully saturated rings. The molecule has 56 valence electrons. The highest BCUT2D eigenvalue weighted by Gasteiger charge is 2.23. The maximum Gasteiger partial charge on any atom is 0.321 e. The maximum absolute atomic E-state index is 10.6. The summed E-state index contributed by atoms with van der Waals surface area (Å²) < 4.78 is 0. The number of carbonyl (C=O) groups is 2. The summed E-state index contributed by atoms with van der Waals surface area (Å²) in [4.78, 5) is 20.8. The summed E-state index contributed by atoms with van der Waals surface area (Å²) in [5, 5.41) is 13.5. The minimum atomic E-state index is -0.977. The molecule has 0 aromatic carbocycles. The van der Waals surface area contributed by atoms with E-state index in [1.54, 1.807) is 0 Å². The standard InChI is InChI=1S/C5H8N2O3/c8-4-1-3(5(9)10)6-2-7-4/h3,6H,1-2H2,(H,7,8)(H,9,10)/t3-/m1/s1. The van der Waals surface area contributed by atoms with E-state index in [9.17, 15) is 9.59 Å². The average Bonchev–Trinajstić information content (AvgIpc) is 1.88. The highest BCUT2D eigenvalue weighted by Crippen LogP contribution is 1.95. The molecule has 0 aromatic rings. The normalized spacial score (nSPS) is 25.6. The molecule has 3 N–H and O–H groups in total. The van der Waals surface area contributed by atoms with Crippen molar-refractivity contribution < 1.29 is 14.7 Å². The predicted molar refractivity (Wildman–Crippen MR) is 32.2 cm³/mol. The minimum Gasteiger partial charge on any atom is -0.480 e. The van der Waals surface area contributed by atoms with Gasteiger partial charge in [0.2, 0.25) is 5.91 Å². The number of carbonyl (C=O) groups excluding carboxylic acids is 1.